The first-order chi connectivity index (χ1) is 9.69. The number of hydrogen-bond acceptors (Lipinski definition) is 4. The molecule has 5 heteroatoms. The van der Waals surface area contributed by atoms with E-state index in [2.05, 4.69) is 22.2 Å². The molecule has 20 heavy (non-hydrogen) atoms. The van der Waals surface area contributed by atoms with Gasteiger partial charge in [-0.2, -0.15) is 0 Å². The fraction of sp³-hybridized carbons (Fsp3) is 0.933. The van der Waals surface area contributed by atoms with Crippen LogP contribution in [0, 0.1) is 5.92 Å². The quantitative estimate of drug-likeness (QED) is 0.791. The van der Waals surface area contributed by atoms with Gasteiger partial charge in [-0.15, -0.1) is 0 Å². The lowest BCUT2D eigenvalue weighted by atomic mass is 9.84. The van der Waals surface area contributed by atoms with Crippen molar-refractivity contribution in [2.45, 2.75) is 43.9 Å². The molecular formula is C15H27N3O2. The van der Waals surface area contributed by atoms with Crippen LogP contribution in [0.4, 0.5) is 0 Å². The van der Waals surface area contributed by atoms with Crippen molar-refractivity contribution in [1.82, 2.24) is 15.1 Å². The van der Waals surface area contributed by atoms with E-state index < -0.39 is 0 Å². The molecule has 1 amide bonds. The maximum Gasteiger partial charge on any atom is 0.239 e. The van der Waals surface area contributed by atoms with Crippen molar-refractivity contribution in [2.75, 3.05) is 40.3 Å². The highest BCUT2D eigenvalue weighted by Crippen LogP contribution is 2.30. The summed E-state index contributed by atoms with van der Waals surface area (Å²) in [6.45, 7) is 3.88. The molecule has 0 aromatic heterocycles. The van der Waals surface area contributed by atoms with Crippen molar-refractivity contribution in [3.63, 3.8) is 0 Å². The number of nitrogens with zero attached hydrogens (tertiary/aromatic N) is 2. The lowest BCUT2D eigenvalue weighted by molar-refractivity contribution is -0.136. The van der Waals surface area contributed by atoms with Crippen LogP contribution in [0.5, 0.6) is 0 Å². The van der Waals surface area contributed by atoms with E-state index in [0.717, 1.165) is 32.5 Å². The molecule has 3 aliphatic heterocycles. The van der Waals surface area contributed by atoms with Crippen molar-refractivity contribution in [3.05, 3.63) is 0 Å². The second-order valence-electron chi connectivity index (χ2n) is 6.58. The maximum atomic E-state index is 12.6. The minimum atomic E-state index is -0.0298. The van der Waals surface area contributed by atoms with Crippen LogP contribution in [0.15, 0.2) is 0 Å². The Bertz CT molecular complexity index is 363. The summed E-state index contributed by atoms with van der Waals surface area (Å²) in [6.07, 6.45) is 4.69. The molecule has 0 radical (unpaired) electrons. The highest BCUT2D eigenvalue weighted by molar-refractivity contribution is 5.82. The van der Waals surface area contributed by atoms with Crippen molar-refractivity contribution in [3.8, 4) is 0 Å². The Hall–Kier alpha value is -0.650. The first kappa shape index (κ1) is 14.3. The standard InChI is InChI=1S/C15H27N3O2/c1-17-6-3-4-11-10-18(7-5-14(11)17)15(19)13-8-12(20-2)9-16-13/h11-14,16H,3-10H2,1-2H3. The summed E-state index contributed by atoms with van der Waals surface area (Å²) in [5.74, 6) is 0.960. The summed E-state index contributed by atoms with van der Waals surface area (Å²) in [7, 11) is 3.96. The van der Waals surface area contributed by atoms with Crippen LogP contribution in [-0.4, -0.2) is 74.2 Å². The number of rotatable bonds is 2. The third kappa shape index (κ3) is 2.71. The van der Waals surface area contributed by atoms with Crippen molar-refractivity contribution >= 4 is 5.91 Å². The average molecular weight is 281 g/mol. The number of amides is 1. The molecule has 4 atom stereocenters. The summed E-state index contributed by atoms with van der Waals surface area (Å²) in [6, 6.07) is 0.661. The van der Waals surface area contributed by atoms with E-state index in [1.54, 1.807) is 7.11 Å². The third-order valence-electron chi connectivity index (χ3n) is 5.38. The van der Waals surface area contributed by atoms with E-state index in [-0.39, 0.29) is 18.1 Å². The van der Waals surface area contributed by atoms with Crippen LogP contribution >= 0.6 is 0 Å². The van der Waals surface area contributed by atoms with Gasteiger partial charge in [-0.05, 0) is 45.2 Å². The normalized spacial score (nSPS) is 38.8. The van der Waals surface area contributed by atoms with Gasteiger partial charge in [-0.1, -0.05) is 0 Å². The summed E-state index contributed by atoms with van der Waals surface area (Å²) < 4.78 is 5.34. The molecule has 4 unspecified atom stereocenters. The molecule has 3 aliphatic rings. The first-order valence-corrected chi connectivity index (χ1v) is 7.94. The van der Waals surface area contributed by atoms with Crippen LogP contribution in [0.25, 0.3) is 0 Å². The van der Waals surface area contributed by atoms with E-state index >= 15 is 0 Å². The van der Waals surface area contributed by atoms with E-state index in [9.17, 15) is 4.79 Å². The van der Waals surface area contributed by atoms with Crippen LogP contribution in [0.1, 0.15) is 25.7 Å². The molecule has 0 bridgehead atoms. The molecule has 0 saturated carbocycles. The van der Waals surface area contributed by atoms with Crippen LogP contribution in [0.3, 0.4) is 0 Å². The van der Waals surface area contributed by atoms with Gasteiger partial charge in [-0.25, -0.2) is 0 Å². The zero-order valence-corrected chi connectivity index (χ0v) is 12.7. The number of fused-ring (bicyclic) bond motifs is 1. The summed E-state index contributed by atoms with van der Waals surface area (Å²) in [5.41, 5.74) is 0. The second-order valence-corrected chi connectivity index (χ2v) is 6.58. The van der Waals surface area contributed by atoms with Crippen molar-refractivity contribution < 1.29 is 9.53 Å². The molecular weight excluding hydrogens is 254 g/mol. The molecule has 114 valence electrons. The summed E-state index contributed by atoms with van der Waals surface area (Å²) in [4.78, 5) is 17.2. The molecule has 3 fully saturated rings. The van der Waals surface area contributed by atoms with Crippen molar-refractivity contribution in [2.24, 2.45) is 5.92 Å². The predicted molar refractivity (Wildman–Crippen MR) is 77.5 cm³/mol. The second kappa shape index (κ2) is 6.00. The monoisotopic (exact) mass is 281 g/mol. The fourth-order valence-electron chi connectivity index (χ4n) is 4.14. The Morgan fingerprint density at radius 1 is 1.30 bits per heavy atom. The van der Waals surface area contributed by atoms with Gasteiger partial charge in [0.2, 0.25) is 5.91 Å². The average Bonchev–Trinajstić information content (AvgIpc) is 2.95. The Kier molecular flexibility index (Phi) is 4.29. The van der Waals surface area contributed by atoms with E-state index in [1.807, 2.05) is 0 Å². The predicted octanol–water partition coefficient (Wildman–Crippen LogP) is 0.306. The summed E-state index contributed by atoms with van der Waals surface area (Å²) in [5, 5.41) is 3.31. The molecule has 0 aliphatic carbocycles. The molecule has 3 heterocycles. The SMILES string of the molecule is COC1CNC(C(=O)N2CCC3C(CCCN3C)C2)C1. The van der Waals surface area contributed by atoms with Gasteiger partial charge in [0, 0.05) is 32.8 Å². The number of carbonyl (C=O) groups is 1. The lowest BCUT2D eigenvalue weighted by Crippen LogP contribution is -2.56. The largest absolute Gasteiger partial charge is 0.380 e. The number of carbonyl (C=O) groups excluding carboxylic acids is 1. The summed E-state index contributed by atoms with van der Waals surface area (Å²) >= 11 is 0. The molecule has 0 aromatic carbocycles. The van der Waals surface area contributed by atoms with Gasteiger partial charge in [0.15, 0.2) is 0 Å². The zero-order chi connectivity index (χ0) is 14.1. The Labute approximate surface area is 121 Å². The van der Waals surface area contributed by atoms with Gasteiger partial charge in [0.25, 0.3) is 0 Å². The number of likely N-dealkylation sites (tertiary alicyclic amines) is 2. The Morgan fingerprint density at radius 3 is 2.90 bits per heavy atom. The number of hydrogen-bond donors (Lipinski definition) is 1. The van der Waals surface area contributed by atoms with Crippen molar-refractivity contribution in [1.29, 1.82) is 0 Å². The Morgan fingerprint density at radius 2 is 2.15 bits per heavy atom. The third-order valence-corrected chi connectivity index (χ3v) is 5.38. The molecule has 1 N–H and O–H groups in total. The molecule has 0 aromatic rings. The molecule has 5 nitrogen and oxygen atoms in total. The van der Waals surface area contributed by atoms with Gasteiger partial charge in [0.05, 0.1) is 12.1 Å². The van der Waals surface area contributed by atoms with Gasteiger partial charge < -0.3 is 19.9 Å². The molecule has 3 rings (SSSR count). The van der Waals surface area contributed by atoms with E-state index in [1.165, 1.54) is 19.4 Å². The van der Waals surface area contributed by atoms with Crippen LogP contribution in [0.2, 0.25) is 0 Å². The van der Waals surface area contributed by atoms with Gasteiger partial charge >= 0.3 is 0 Å². The van der Waals surface area contributed by atoms with Crippen LogP contribution < -0.4 is 5.32 Å². The zero-order valence-electron chi connectivity index (χ0n) is 12.7. The van der Waals surface area contributed by atoms with E-state index in [0.29, 0.717) is 12.0 Å². The number of ether oxygens (including phenoxy) is 1. The minimum absolute atomic E-state index is 0.0298. The highest BCUT2D eigenvalue weighted by Gasteiger charge is 2.39. The Balaban J connectivity index is 1.57. The number of piperidine rings is 2. The minimum Gasteiger partial charge on any atom is -0.380 e. The molecule has 3 saturated heterocycles. The van der Waals surface area contributed by atoms with Gasteiger partial charge in [0.1, 0.15) is 0 Å². The van der Waals surface area contributed by atoms with E-state index in [4.69, 9.17) is 4.74 Å². The first-order valence-electron chi connectivity index (χ1n) is 7.94. The number of nitrogens with one attached hydrogen (secondary N) is 1. The number of methoxy groups -OCH3 is 1. The fourth-order valence-corrected chi connectivity index (χ4v) is 4.14. The van der Waals surface area contributed by atoms with Gasteiger partial charge in [-0.3, -0.25) is 4.79 Å². The maximum absolute atomic E-state index is 12.6. The smallest absolute Gasteiger partial charge is 0.239 e. The topological polar surface area (TPSA) is 44.8 Å². The highest BCUT2D eigenvalue weighted by atomic mass is 16.5. The van der Waals surface area contributed by atoms with Crippen LogP contribution in [-0.2, 0) is 9.53 Å². The molecule has 0 spiro atoms. The lowest BCUT2D eigenvalue weighted by Gasteiger charge is -2.46.